The lowest BCUT2D eigenvalue weighted by atomic mass is 10.1. The number of hydrogen-bond acceptors (Lipinski definition) is 4. The van der Waals surface area contributed by atoms with Crippen molar-refractivity contribution in [3.8, 4) is 10.4 Å². The molecule has 3 aromatic rings. The minimum atomic E-state index is 0.0689. The molecule has 0 aliphatic rings. The number of carbonyl (C=O) groups excluding carboxylic acids is 1. The zero-order valence-corrected chi connectivity index (χ0v) is 17.1. The van der Waals surface area contributed by atoms with Crippen LogP contribution in [-0.4, -0.2) is 52.9 Å². The largest absolute Gasteiger partial charge is 0.345 e. The first-order valence-electron chi connectivity index (χ1n) is 9.04. The Morgan fingerprint density at radius 2 is 1.89 bits per heavy atom. The molecule has 0 aliphatic heterocycles. The average Bonchev–Trinajstić information content (AvgIpc) is 3.24. The van der Waals surface area contributed by atoms with Gasteiger partial charge in [0, 0.05) is 18.0 Å². The third kappa shape index (κ3) is 4.84. The lowest BCUT2D eigenvalue weighted by molar-refractivity contribution is 0.0735. The van der Waals surface area contributed by atoms with Gasteiger partial charge in [-0.15, -0.1) is 11.3 Å². The molecule has 2 aromatic heterocycles. The Kier molecular flexibility index (Phi) is 6.08. The van der Waals surface area contributed by atoms with Gasteiger partial charge in [-0.3, -0.25) is 4.79 Å². The van der Waals surface area contributed by atoms with Gasteiger partial charge in [0.2, 0.25) is 0 Å². The summed E-state index contributed by atoms with van der Waals surface area (Å²) in [5, 5.41) is 0. The van der Waals surface area contributed by atoms with E-state index < -0.39 is 0 Å². The maximum Gasteiger partial charge on any atom is 0.264 e. The molecule has 5 nitrogen and oxygen atoms in total. The Hall–Kier alpha value is -2.44. The van der Waals surface area contributed by atoms with E-state index in [2.05, 4.69) is 33.9 Å². The molecule has 3 rings (SSSR count). The van der Waals surface area contributed by atoms with E-state index in [1.807, 2.05) is 50.2 Å². The first-order valence-corrected chi connectivity index (χ1v) is 9.86. The standard InChI is InChI=1S/C21H26N4OS/c1-15-12-19(27-20(15)17-8-6-5-7-9-17)21(26)25(11-10-24(3)4)14-18-13-22-16(2)23-18/h5-9,12-13H,10-11,14H2,1-4H3,(H,22,23). The fourth-order valence-corrected chi connectivity index (χ4v) is 4.10. The number of benzene rings is 1. The number of aromatic nitrogens is 2. The summed E-state index contributed by atoms with van der Waals surface area (Å²) in [5.41, 5.74) is 3.25. The van der Waals surface area contributed by atoms with E-state index in [-0.39, 0.29) is 5.91 Å². The first kappa shape index (κ1) is 19.3. The second-order valence-corrected chi connectivity index (χ2v) is 8.06. The molecule has 0 saturated carbocycles. The van der Waals surface area contributed by atoms with E-state index in [4.69, 9.17) is 0 Å². The number of aryl methyl sites for hydroxylation is 2. The summed E-state index contributed by atoms with van der Waals surface area (Å²) in [4.78, 5) is 26.7. The number of nitrogens with zero attached hydrogens (tertiary/aromatic N) is 3. The zero-order valence-electron chi connectivity index (χ0n) is 16.3. The number of hydrogen-bond donors (Lipinski definition) is 1. The summed E-state index contributed by atoms with van der Waals surface area (Å²) < 4.78 is 0. The lowest BCUT2D eigenvalue weighted by Crippen LogP contribution is -2.36. The number of imidazole rings is 1. The topological polar surface area (TPSA) is 52.2 Å². The molecule has 0 spiro atoms. The van der Waals surface area contributed by atoms with E-state index in [1.165, 1.54) is 0 Å². The van der Waals surface area contributed by atoms with Crippen molar-refractivity contribution in [2.24, 2.45) is 0 Å². The van der Waals surface area contributed by atoms with Gasteiger partial charge in [-0.05, 0) is 45.1 Å². The predicted octanol–water partition coefficient (Wildman–Crippen LogP) is 3.96. The van der Waals surface area contributed by atoms with E-state index in [9.17, 15) is 4.79 Å². The number of rotatable bonds is 7. The van der Waals surface area contributed by atoms with E-state index in [1.54, 1.807) is 17.5 Å². The number of H-pyrrole nitrogens is 1. The molecular weight excluding hydrogens is 356 g/mol. The van der Waals surface area contributed by atoms with Gasteiger partial charge in [0.25, 0.3) is 5.91 Å². The van der Waals surface area contributed by atoms with Crippen molar-refractivity contribution in [3.05, 3.63) is 64.6 Å². The number of nitrogens with one attached hydrogen (secondary N) is 1. The highest BCUT2D eigenvalue weighted by molar-refractivity contribution is 7.17. The summed E-state index contributed by atoms with van der Waals surface area (Å²) in [6.45, 7) is 6.00. The van der Waals surface area contributed by atoms with Crippen molar-refractivity contribution in [1.29, 1.82) is 0 Å². The average molecular weight is 383 g/mol. The van der Waals surface area contributed by atoms with Gasteiger partial charge in [0.05, 0.1) is 23.3 Å². The number of thiophene rings is 1. The third-order valence-corrected chi connectivity index (χ3v) is 5.66. The number of carbonyl (C=O) groups is 1. The van der Waals surface area contributed by atoms with Crippen LogP contribution >= 0.6 is 11.3 Å². The van der Waals surface area contributed by atoms with Crippen LogP contribution in [0.2, 0.25) is 0 Å². The summed E-state index contributed by atoms with van der Waals surface area (Å²) >= 11 is 1.57. The van der Waals surface area contributed by atoms with Gasteiger partial charge in [0.1, 0.15) is 5.82 Å². The van der Waals surface area contributed by atoms with Crippen LogP contribution < -0.4 is 0 Å². The Morgan fingerprint density at radius 3 is 2.52 bits per heavy atom. The number of likely N-dealkylation sites (N-methyl/N-ethyl adjacent to an activating group) is 1. The zero-order chi connectivity index (χ0) is 19.4. The van der Waals surface area contributed by atoms with Gasteiger partial charge >= 0.3 is 0 Å². The van der Waals surface area contributed by atoms with Crippen LogP contribution in [0.1, 0.15) is 26.8 Å². The first-order chi connectivity index (χ1) is 12.9. The third-order valence-electron chi connectivity index (χ3n) is 4.39. The van der Waals surface area contributed by atoms with Gasteiger partial charge < -0.3 is 14.8 Å². The van der Waals surface area contributed by atoms with Crippen LogP contribution in [-0.2, 0) is 6.54 Å². The molecule has 0 bridgehead atoms. The van der Waals surface area contributed by atoms with Crippen molar-refractivity contribution >= 4 is 17.2 Å². The second kappa shape index (κ2) is 8.50. The predicted molar refractivity (Wildman–Crippen MR) is 111 cm³/mol. The van der Waals surface area contributed by atoms with Crippen LogP contribution in [0, 0.1) is 13.8 Å². The molecule has 0 radical (unpaired) electrons. The maximum absolute atomic E-state index is 13.2. The van der Waals surface area contributed by atoms with Crippen LogP contribution in [0.15, 0.2) is 42.6 Å². The molecule has 1 amide bonds. The van der Waals surface area contributed by atoms with E-state index in [0.29, 0.717) is 13.1 Å². The van der Waals surface area contributed by atoms with Crippen LogP contribution in [0.5, 0.6) is 0 Å². The Labute approximate surface area is 164 Å². The van der Waals surface area contributed by atoms with Crippen molar-refractivity contribution in [2.45, 2.75) is 20.4 Å². The van der Waals surface area contributed by atoms with Gasteiger partial charge in [-0.25, -0.2) is 4.98 Å². The molecule has 2 heterocycles. The lowest BCUT2D eigenvalue weighted by Gasteiger charge is -2.23. The molecule has 142 valence electrons. The second-order valence-electron chi connectivity index (χ2n) is 7.01. The van der Waals surface area contributed by atoms with Gasteiger partial charge in [0.15, 0.2) is 0 Å². The molecule has 1 aromatic carbocycles. The van der Waals surface area contributed by atoms with E-state index in [0.717, 1.165) is 38.9 Å². The Balaban J connectivity index is 1.84. The Bertz CT molecular complexity index is 898. The molecule has 6 heteroatoms. The highest BCUT2D eigenvalue weighted by Gasteiger charge is 2.21. The molecule has 27 heavy (non-hydrogen) atoms. The van der Waals surface area contributed by atoms with Crippen molar-refractivity contribution in [1.82, 2.24) is 19.8 Å². The smallest absolute Gasteiger partial charge is 0.264 e. The SMILES string of the molecule is Cc1ncc(CN(CCN(C)C)C(=O)c2cc(C)c(-c3ccccc3)s2)[nH]1. The summed E-state index contributed by atoms with van der Waals surface area (Å²) in [7, 11) is 4.04. The number of aromatic amines is 1. The summed E-state index contributed by atoms with van der Waals surface area (Å²) in [6.07, 6.45) is 1.81. The highest BCUT2D eigenvalue weighted by atomic mass is 32.1. The van der Waals surface area contributed by atoms with E-state index >= 15 is 0 Å². The molecule has 0 fully saturated rings. The highest BCUT2D eigenvalue weighted by Crippen LogP contribution is 2.33. The van der Waals surface area contributed by atoms with Crippen LogP contribution in [0.25, 0.3) is 10.4 Å². The van der Waals surface area contributed by atoms with Gasteiger partial charge in [-0.1, -0.05) is 30.3 Å². The monoisotopic (exact) mass is 382 g/mol. The van der Waals surface area contributed by atoms with Crippen LogP contribution in [0.3, 0.4) is 0 Å². The summed E-state index contributed by atoms with van der Waals surface area (Å²) in [5.74, 6) is 0.933. The van der Waals surface area contributed by atoms with Crippen LogP contribution in [0.4, 0.5) is 0 Å². The maximum atomic E-state index is 13.2. The fourth-order valence-electron chi connectivity index (χ4n) is 2.95. The minimum absolute atomic E-state index is 0.0689. The van der Waals surface area contributed by atoms with Crippen molar-refractivity contribution in [2.75, 3.05) is 27.2 Å². The van der Waals surface area contributed by atoms with Crippen molar-refractivity contribution in [3.63, 3.8) is 0 Å². The summed E-state index contributed by atoms with van der Waals surface area (Å²) in [6, 6.07) is 12.2. The molecule has 1 N–H and O–H groups in total. The Morgan fingerprint density at radius 1 is 1.15 bits per heavy atom. The molecular formula is C21H26N4OS. The van der Waals surface area contributed by atoms with Crippen molar-refractivity contribution < 1.29 is 4.79 Å². The minimum Gasteiger partial charge on any atom is -0.345 e. The molecule has 0 unspecified atom stereocenters. The molecule has 0 saturated heterocycles. The van der Waals surface area contributed by atoms with Gasteiger partial charge in [-0.2, -0.15) is 0 Å². The molecule has 0 aliphatic carbocycles. The number of amides is 1. The molecule has 0 atom stereocenters. The normalized spacial score (nSPS) is 11.1. The quantitative estimate of drug-likeness (QED) is 0.673. The fraction of sp³-hybridized carbons (Fsp3) is 0.333.